The molecule has 4 saturated carbocycles. The highest BCUT2D eigenvalue weighted by Crippen LogP contribution is 2.75. The van der Waals surface area contributed by atoms with Crippen molar-refractivity contribution < 1.29 is 64.9 Å². The molecule has 4 aliphatic carbocycles. The van der Waals surface area contributed by atoms with Crippen molar-refractivity contribution in [2.45, 2.75) is 180 Å². The minimum Gasteiger partial charge on any atom is -0.394 e. The molecule has 0 aromatic carbocycles. The molecule has 13 nitrogen and oxygen atoms in total. The van der Waals surface area contributed by atoms with Gasteiger partial charge in [0, 0.05) is 0 Å². The highest BCUT2D eigenvalue weighted by molar-refractivity contribution is 5.23. The van der Waals surface area contributed by atoms with Crippen LogP contribution in [0.3, 0.4) is 0 Å². The maximum Gasteiger partial charge on any atom is 0.187 e. The smallest absolute Gasteiger partial charge is 0.187 e. The standard InChI is InChI=1S/C42H70O13/c1-20(2)10-9-11-21(3)22-12-14-42(8)29(22)23(45)16-28-40(6)17-24(46)36(39(4,5)27(40)13-15-41(28,42)7)55-38-35(33(50)31(48)26(19-44)53-38)54-37-34(51)32(49)30(47)25(18-43)52-37/h10,22-38,43-51H,3,9,11-19H2,1-2,4-8H3/t22-,23-,24-,25?,26?,27?,28?,29?,30+,31+,32+,33+,34-,35-,36+,37?,38?,40+,41-,42-/m1/s1. The molecule has 7 unspecified atom stereocenters. The van der Waals surface area contributed by atoms with Crippen LogP contribution in [0.15, 0.2) is 23.8 Å². The summed E-state index contributed by atoms with van der Waals surface area (Å²) in [4.78, 5) is 0. The molecular weight excluding hydrogens is 712 g/mol. The van der Waals surface area contributed by atoms with Gasteiger partial charge in [0.25, 0.3) is 0 Å². The van der Waals surface area contributed by atoms with Crippen molar-refractivity contribution in [2.75, 3.05) is 13.2 Å². The third-order valence-electron chi connectivity index (χ3n) is 16.1. The molecule has 2 heterocycles. The van der Waals surface area contributed by atoms with Crippen LogP contribution in [0.4, 0.5) is 0 Å². The van der Waals surface area contributed by atoms with E-state index in [0.717, 1.165) is 38.5 Å². The lowest BCUT2D eigenvalue weighted by Crippen LogP contribution is -2.69. The molecule has 0 bridgehead atoms. The van der Waals surface area contributed by atoms with Crippen molar-refractivity contribution in [2.24, 2.45) is 45.3 Å². The third kappa shape index (κ3) is 7.12. The molecule has 316 valence electrons. The molecule has 6 fully saturated rings. The molecule has 13 heteroatoms. The van der Waals surface area contributed by atoms with Crippen LogP contribution in [0.25, 0.3) is 0 Å². The first-order chi connectivity index (χ1) is 25.7. The summed E-state index contributed by atoms with van der Waals surface area (Å²) >= 11 is 0. The zero-order chi connectivity index (χ0) is 40.6. The van der Waals surface area contributed by atoms with E-state index in [2.05, 4.69) is 61.1 Å². The lowest BCUT2D eigenvalue weighted by atomic mass is 9.35. The Morgan fingerprint density at radius 2 is 1.33 bits per heavy atom. The fourth-order valence-electron chi connectivity index (χ4n) is 13.1. The number of ether oxygens (including phenoxy) is 4. The fraction of sp³-hybridized carbons (Fsp3) is 0.905. The van der Waals surface area contributed by atoms with E-state index in [-0.39, 0.29) is 39.9 Å². The molecule has 55 heavy (non-hydrogen) atoms. The topological polar surface area (TPSA) is 219 Å². The average Bonchev–Trinajstić information content (AvgIpc) is 3.49. The van der Waals surface area contributed by atoms with Gasteiger partial charge >= 0.3 is 0 Å². The number of aliphatic hydroxyl groups is 9. The molecule has 6 aliphatic rings. The second-order valence-corrected chi connectivity index (χ2v) is 19.6. The zero-order valence-electron chi connectivity index (χ0n) is 33.8. The van der Waals surface area contributed by atoms with Gasteiger partial charge in [0.1, 0.15) is 48.8 Å². The van der Waals surface area contributed by atoms with Crippen molar-refractivity contribution >= 4 is 0 Å². The van der Waals surface area contributed by atoms with E-state index in [1.165, 1.54) is 11.1 Å². The number of rotatable bonds is 10. The van der Waals surface area contributed by atoms with E-state index in [0.29, 0.717) is 12.8 Å². The Bertz CT molecular complexity index is 1400. The minimum absolute atomic E-state index is 0.0487. The van der Waals surface area contributed by atoms with Gasteiger partial charge in [-0.25, -0.2) is 0 Å². The lowest BCUT2D eigenvalue weighted by molar-refractivity contribution is -0.383. The molecule has 20 atom stereocenters. The predicted molar refractivity (Wildman–Crippen MR) is 201 cm³/mol. The summed E-state index contributed by atoms with van der Waals surface area (Å²) in [6.07, 6.45) is -9.14. The monoisotopic (exact) mass is 782 g/mol. The van der Waals surface area contributed by atoms with Crippen LogP contribution < -0.4 is 0 Å². The first-order valence-electron chi connectivity index (χ1n) is 20.6. The van der Waals surface area contributed by atoms with Crippen molar-refractivity contribution in [1.29, 1.82) is 0 Å². The van der Waals surface area contributed by atoms with E-state index in [4.69, 9.17) is 18.9 Å². The summed E-state index contributed by atoms with van der Waals surface area (Å²) in [5.41, 5.74) is 1.28. The molecule has 2 saturated heterocycles. The molecule has 0 aromatic rings. The van der Waals surface area contributed by atoms with Gasteiger partial charge in [-0.05, 0) is 111 Å². The summed E-state index contributed by atoms with van der Waals surface area (Å²) < 4.78 is 24.1. The summed E-state index contributed by atoms with van der Waals surface area (Å²) in [5, 5.41) is 97.6. The average molecular weight is 783 g/mol. The maximum absolute atomic E-state index is 12.2. The fourth-order valence-corrected chi connectivity index (χ4v) is 13.1. The van der Waals surface area contributed by atoms with E-state index in [9.17, 15) is 46.0 Å². The van der Waals surface area contributed by atoms with Crippen LogP contribution in [0, 0.1) is 45.3 Å². The van der Waals surface area contributed by atoms with Crippen LogP contribution in [-0.2, 0) is 18.9 Å². The molecule has 2 aliphatic heterocycles. The molecular formula is C42H70O13. The second kappa shape index (κ2) is 15.9. The highest BCUT2D eigenvalue weighted by atomic mass is 16.8. The van der Waals surface area contributed by atoms with E-state index in [1.54, 1.807) is 0 Å². The SMILES string of the molecule is C=C(CCC=C(C)C)[C@H]1CC[C@]2(C)C1[C@H](O)CC1[C@@]3(C)C[C@@H](O)[C@H](OC4OC(CO)[C@H](O)[C@H](O)[C@H]4OC4OC(CO)[C@H](O)[C@H](O)[C@H]4O)C(C)(C)C3CC[C@]12C. The minimum atomic E-state index is -1.80. The largest absolute Gasteiger partial charge is 0.394 e. The van der Waals surface area contributed by atoms with Crippen LogP contribution in [0.5, 0.6) is 0 Å². The van der Waals surface area contributed by atoms with Gasteiger partial charge in [0.2, 0.25) is 0 Å². The Kier molecular flexibility index (Phi) is 12.6. The van der Waals surface area contributed by atoms with Gasteiger partial charge in [-0.3, -0.25) is 0 Å². The molecule has 0 radical (unpaired) electrons. The van der Waals surface area contributed by atoms with Gasteiger partial charge < -0.3 is 64.9 Å². The Labute approximate surface area is 326 Å². The van der Waals surface area contributed by atoms with Crippen molar-refractivity contribution in [3.05, 3.63) is 23.8 Å². The van der Waals surface area contributed by atoms with Crippen molar-refractivity contribution in [3.63, 3.8) is 0 Å². The summed E-state index contributed by atoms with van der Waals surface area (Å²) in [6.45, 7) is 18.6. The van der Waals surface area contributed by atoms with Gasteiger partial charge in [0.05, 0.1) is 31.5 Å². The Hall–Kier alpha value is -1.04. The molecule has 0 spiro atoms. The van der Waals surface area contributed by atoms with E-state index < -0.39 is 98.4 Å². The number of aliphatic hydroxyl groups excluding tert-OH is 9. The summed E-state index contributed by atoms with van der Waals surface area (Å²) in [6, 6.07) is 0. The predicted octanol–water partition coefficient (Wildman–Crippen LogP) is 1.93. The Morgan fingerprint density at radius 1 is 0.727 bits per heavy atom. The Morgan fingerprint density at radius 3 is 1.95 bits per heavy atom. The molecule has 0 aromatic heterocycles. The van der Waals surface area contributed by atoms with E-state index >= 15 is 0 Å². The molecule has 6 rings (SSSR count). The highest BCUT2D eigenvalue weighted by Gasteiger charge is 2.71. The Balaban J connectivity index is 1.25. The molecule has 0 amide bonds. The van der Waals surface area contributed by atoms with Crippen LogP contribution in [0.1, 0.15) is 99.8 Å². The quantitative estimate of drug-likeness (QED) is 0.115. The van der Waals surface area contributed by atoms with Gasteiger partial charge in [0.15, 0.2) is 12.6 Å². The van der Waals surface area contributed by atoms with Gasteiger partial charge in [-0.15, -0.1) is 0 Å². The lowest BCUT2D eigenvalue weighted by Gasteiger charge is -2.71. The van der Waals surface area contributed by atoms with Crippen LogP contribution >= 0.6 is 0 Å². The van der Waals surface area contributed by atoms with Crippen LogP contribution in [0.2, 0.25) is 0 Å². The van der Waals surface area contributed by atoms with E-state index in [1.807, 2.05) is 0 Å². The normalized spacial score (nSPS) is 52.1. The number of hydrogen-bond donors (Lipinski definition) is 9. The first-order valence-corrected chi connectivity index (χ1v) is 20.6. The first kappa shape index (κ1) is 43.5. The third-order valence-corrected chi connectivity index (χ3v) is 16.1. The number of fused-ring (bicyclic) bond motifs is 5. The number of hydrogen-bond acceptors (Lipinski definition) is 13. The summed E-state index contributed by atoms with van der Waals surface area (Å²) in [7, 11) is 0. The van der Waals surface area contributed by atoms with Gasteiger partial charge in [-0.2, -0.15) is 0 Å². The molecule has 9 N–H and O–H groups in total. The summed E-state index contributed by atoms with van der Waals surface area (Å²) in [5.74, 6) is 0.556. The maximum atomic E-state index is 12.2. The number of allylic oxidation sites excluding steroid dienone is 3. The van der Waals surface area contributed by atoms with Crippen molar-refractivity contribution in [1.82, 2.24) is 0 Å². The second-order valence-electron chi connectivity index (χ2n) is 19.6. The van der Waals surface area contributed by atoms with Crippen LogP contribution in [-0.4, -0.2) is 139 Å². The zero-order valence-corrected chi connectivity index (χ0v) is 33.8. The van der Waals surface area contributed by atoms with Crippen molar-refractivity contribution in [3.8, 4) is 0 Å². The van der Waals surface area contributed by atoms with Gasteiger partial charge in [-0.1, -0.05) is 58.4 Å².